The zero-order valence-electron chi connectivity index (χ0n) is 29.4. The van der Waals surface area contributed by atoms with Crippen LogP contribution in [0.4, 0.5) is 9.93 Å². The molecule has 1 fully saturated rings. The number of nitrogens with zero attached hydrogens (tertiary/aromatic N) is 3. The Hall–Kier alpha value is -4.41. The Morgan fingerprint density at radius 1 is 1.04 bits per heavy atom. The molecular weight excluding hydrogens is 722 g/mol. The minimum Gasteiger partial charge on any atom is -0.477 e. The molecule has 2 aromatic rings. The number of allylic oxidation sites excluding steroid dienone is 1. The van der Waals surface area contributed by atoms with Gasteiger partial charge in [0.1, 0.15) is 34.0 Å². The maximum absolute atomic E-state index is 13.8. The fourth-order valence-corrected chi connectivity index (χ4v) is 6.71. The summed E-state index contributed by atoms with van der Waals surface area (Å²) in [6.07, 6.45) is 2.63. The van der Waals surface area contributed by atoms with Crippen LogP contribution in [0.2, 0.25) is 0 Å². The van der Waals surface area contributed by atoms with Crippen LogP contribution < -0.4 is 10.6 Å². The minimum atomic E-state index is -1.65. The van der Waals surface area contributed by atoms with E-state index >= 15 is 0 Å². The molecule has 3 amide bonds. The first-order chi connectivity index (χ1) is 23.7. The van der Waals surface area contributed by atoms with Crippen LogP contribution in [0.25, 0.3) is 6.08 Å². The number of benzene rings is 1. The molecule has 0 bridgehead atoms. The number of esters is 1. The van der Waals surface area contributed by atoms with E-state index in [4.69, 9.17) is 25.9 Å². The Bertz CT molecular complexity index is 1790. The molecule has 0 unspecified atom stereocenters. The summed E-state index contributed by atoms with van der Waals surface area (Å²) in [6.45, 7) is 13.0. The maximum Gasteiger partial charge on any atom is 0.413 e. The third kappa shape index (κ3) is 10.1. The van der Waals surface area contributed by atoms with Gasteiger partial charge in [0.05, 0.1) is 0 Å². The number of amides is 3. The van der Waals surface area contributed by atoms with E-state index in [1.54, 1.807) is 53.7 Å². The summed E-state index contributed by atoms with van der Waals surface area (Å²) in [6, 6.07) is 6.31. The quantitative estimate of drug-likeness (QED) is 0.0861. The second-order valence-electron chi connectivity index (χ2n) is 14.0. The van der Waals surface area contributed by atoms with Gasteiger partial charge < -0.3 is 24.7 Å². The number of nitrogens with one attached hydrogen (secondary N) is 2. The molecule has 3 heterocycles. The van der Waals surface area contributed by atoms with Crippen molar-refractivity contribution in [2.75, 3.05) is 11.1 Å². The predicted octanol–water partition coefficient (Wildman–Crippen LogP) is 5.52. The summed E-state index contributed by atoms with van der Waals surface area (Å²) in [5.41, 5.74) is -1.70. The van der Waals surface area contributed by atoms with Crippen LogP contribution in [0.1, 0.15) is 72.2 Å². The zero-order chi connectivity index (χ0) is 37.9. The van der Waals surface area contributed by atoms with E-state index in [2.05, 4.69) is 20.8 Å². The van der Waals surface area contributed by atoms with Crippen LogP contribution in [0, 0.1) is 0 Å². The number of oxime groups is 1. The number of alkyl halides is 1. The topological polar surface area (TPSA) is 186 Å². The molecule has 2 aliphatic heterocycles. The Balaban J connectivity index is 1.57. The largest absolute Gasteiger partial charge is 0.477 e. The van der Waals surface area contributed by atoms with E-state index in [1.807, 2.05) is 24.3 Å². The van der Waals surface area contributed by atoms with Gasteiger partial charge in [-0.3, -0.25) is 19.8 Å². The normalized spacial score (nSPS) is 18.2. The molecule has 1 saturated heterocycles. The van der Waals surface area contributed by atoms with Gasteiger partial charge in [0.25, 0.3) is 11.8 Å². The maximum atomic E-state index is 13.8. The molecule has 0 aliphatic carbocycles. The second kappa shape index (κ2) is 15.5. The molecule has 1 aromatic carbocycles. The van der Waals surface area contributed by atoms with Crippen LogP contribution in [0.3, 0.4) is 0 Å². The summed E-state index contributed by atoms with van der Waals surface area (Å²) in [4.78, 5) is 75.7. The smallest absolute Gasteiger partial charge is 0.413 e. The number of aliphatic carboxylic acids is 1. The van der Waals surface area contributed by atoms with Gasteiger partial charge in [-0.05, 0) is 72.1 Å². The highest BCUT2D eigenvalue weighted by Gasteiger charge is 2.54. The lowest BCUT2D eigenvalue weighted by molar-refractivity contribution is -0.179. The van der Waals surface area contributed by atoms with Crippen molar-refractivity contribution in [3.8, 4) is 0 Å². The number of carbonyl (C=O) groups excluding carboxylic acids is 4. The van der Waals surface area contributed by atoms with Gasteiger partial charge >= 0.3 is 18.0 Å². The molecule has 2 aliphatic rings. The van der Waals surface area contributed by atoms with Crippen LogP contribution >= 0.6 is 34.7 Å². The van der Waals surface area contributed by atoms with Crippen molar-refractivity contribution in [3.63, 3.8) is 0 Å². The molecule has 4 rings (SSSR count). The third-order valence-electron chi connectivity index (χ3n) is 6.92. The molecule has 2 atom stereocenters. The van der Waals surface area contributed by atoms with Crippen LogP contribution in [-0.2, 0) is 39.4 Å². The van der Waals surface area contributed by atoms with Gasteiger partial charge in [0.2, 0.25) is 5.60 Å². The van der Waals surface area contributed by atoms with E-state index in [-0.39, 0.29) is 22.3 Å². The predicted molar refractivity (Wildman–Crippen MR) is 194 cm³/mol. The van der Waals surface area contributed by atoms with Gasteiger partial charge in [-0.25, -0.2) is 19.4 Å². The van der Waals surface area contributed by atoms with Crippen molar-refractivity contribution >= 4 is 81.5 Å². The number of β-lactam (4-membered cyclic amide) rings is 1. The molecule has 1 aromatic heterocycles. The van der Waals surface area contributed by atoms with Crippen molar-refractivity contribution in [1.82, 2.24) is 15.2 Å². The van der Waals surface area contributed by atoms with Gasteiger partial charge in [-0.2, -0.15) is 0 Å². The Morgan fingerprint density at radius 3 is 2.27 bits per heavy atom. The van der Waals surface area contributed by atoms with Crippen LogP contribution in [0.5, 0.6) is 0 Å². The summed E-state index contributed by atoms with van der Waals surface area (Å²) in [5, 5.41) is 20.0. The van der Waals surface area contributed by atoms with E-state index in [1.165, 1.54) is 31.0 Å². The summed E-state index contributed by atoms with van der Waals surface area (Å²) >= 11 is 8.11. The van der Waals surface area contributed by atoms with Crippen molar-refractivity contribution in [1.29, 1.82) is 0 Å². The average molecular weight is 762 g/mol. The Kier molecular flexibility index (Phi) is 11.9. The molecule has 0 saturated carbocycles. The Labute approximate surface area is 308 Å². The highest BCUT2D eigenvalue weighted by Crippen LogP contribution is 2.41. The summed E-state index contributed by atoms with van der Waals surface area (Å²) in [7, 11) is 0. The van der Waals surface area contributed by atoms with E-state index < -0.39 is 63.8 Å². The first-order valence-electron chi connectivity index (χ1n) is 15.7. The fourth-order valence-electron chi connectivity index (χ4n) is 4.53. The van der Waals surface area contributed by atoms with Crippen LogP contribution in [0.15, 0.2) is 52.1 Å². The lowest BCUT2D eigenvalue weighted by Gasteiger charge is -2.49. The number of rotatable bonds is 11. The first kappa shape index (κ1) is 39.4. The number of thioether (sulfide) groups is 1. The molecular formula is C34H40ClN5O9S2. The monoisotopic (exact) mass is 761 g/mol. The molecule has 0 radical (unpaired) electrons. The molecule has 0 spiro atoms. The molecule has 14 nitrogen and oxygen atoms in total. The molecule has 3 N–H and O–H groups in total. The number of carbonyl (C=O) groups is 5. The zero-order valence-corrected chi connectivity index (χ0v) is 31.7. The van der Waals surface area contributed by atoms with Gasteiger partial charge in [0.15, 0.2) is 10.8 Å². The van der Waals surface area contributed by atoms with Gasteiger partial charge in [-0.15, -0.1) is 34.7 Å². The van der Waals surface area contributed by atoms with Crippen molar-refractivity contribution in [3.05, 3.63) is 63.8 Å². The second-order valence-corrected chi connectivity index (χ2v) is 16.2. The lowest BCUT2D eigenvalue weighted by atomic mass is 10.0. The fraction of sp³-hybridized carbons (Fsp3) is 0.441. The molecule has 51 heavy (non-hydrogen) atoms. The average Bonchev–Trinajstić information content (AvgIpc) is 3.48. The molecule has 274 valence electrons. The van der Waals surface area contributed by atoms with Crippen molar-refractivity contribution < 1.29 is 43.4 Å². The number of carboxylic acids is 1. The Morgan fingerprint density at radius 2 is 1.69 bits per heavy atom. The van der Waals surface area contributed by atoms with E-state index in [9.17, 15) is 29.1 Å². The number of thiazole rings is 1. The number of carboxylic acid groups (broad SMARTS) is 1. The lowest BCUT2D eigenvalue weighted by Crippen LogP contribution is -2.71. The number of hydrogen-bond acceptors (Lipinski definition) is 12. The summed E-state index contributed by atoms with van der Waals surface area (Å²) in [5.74, 6) is -2.96. The highest BCUT2D eigenvalue weighted by molar-refractivity contribution is 8.00. The minimum absolute atomic E-state index is 0.0407. The number of aromatic nitrogens is 1. The number of ether oxygens (including phenoxy) is 2. The number of halogens is 1. The SMILES string of the molecule is CC(C)(C)OC(=O)Nc1nc(/C(=N/OC(C)(C)C(=O)OC(C)(C)C)C(=O)N[C@@H]2C(=O)N3C(C(=O)O)=C(/C=C/c4ccc(CCl)cc4)CS[C@H]23)cs1. The number of hydrogen-bond donors (Lipinski definition) is 3. The summed E-state index contributed by atoms with van der Waals surface area (Å²) < 4.78 is 10.7. The van der Waals surface area contributed by atoms with Gasteiger partial charge in [0, 0.05) is 17.0 Å². The highest BCUT2D eigenvalue weighted by atomic mass is 35.5. The van der Waals surface area contributed by atoms with Crippen molar-refractivity contribution in [2.24, 2.45) is 5.16 Å². The van der Waals surface area contributed by atoms with Crippen LogP contribution in [-0.4, -0.2) is 84.5 Å². The number of anilines is 1. The third-order valence-corrected chi connectivity index (χ3v) is 9.29. The van der Waals surface area contributed by atoms with Crippen molar-refractivity contribution in [2.45, 2.75) is 89.5 Å². The number of fused-ring (bicyclic) bond motifs is 1. The standard InChI is InChI=1S/C34H40ClN5O9S2/c1-32(2,3)47-29(45)34(7,8)49-39-22(21-17-51-30(36-21)38-31(46)48-33(4,5)6)25(41)37-23-26(42)40-24(28(43)44)20(16-50-27(23)40)14-13-18-9-11-19(15-35)12-10-18/h9-14,17,23,27H,15-16H2,1-8H3,(H,37,41)(H,43,44)(H,36,38,46)/b14-13+,39-22-/t23-,27-/m1/s1. The van der Waals surface area contributed by atoms with E-state index in [0.717, 1.165) is 27.4 Å². The van der Waals surface area contributed by atoms with Gasteiger partial charge in [-0.1, -0.05) is 41.6 Å². The first-order valence-corrected chi connectivity index (χ1v) is 18.2. The molecule has 17 heteroatoms. The van der Waals surface area contributed by atoms with E-state index in [0.29, 0.717) is 11.5 Å².